The second-order valence-electron chi connectivity index (χ2n) is 6.74. The van der Waals surface area contributed by atoms with Gasteiger partial charge in [0.2, 0.25) is 0 Å². The van der Waals surface area contributed by atoms with Gasteiger partial charge < -0.3 is 14.5 Å². The maximum atomic E-state index is 12.7. The van der Waals surface area contributed by atoms with Crippen molar-refractivity contribution in [3.8, 4) is 0 Å². The molecule has 1 aliphatic heterocycles. The van der Waals surface area contributed by atoms with E-state index in [0.29, 0.717) is 17.0 Å². The Bertz CT molecular complexity index is 691. The number of hydrogen-bond acceptors (Lipinski definition) is 4. The number of amides is 1. The lowest BCUT2D eigenvalue weighted by atomic mass is 10.0. The number of hydrogen-bond donors (Lipinski definition) is 0. The number of benzene rings is 1. The first-order chi connectivity index (χ1) is 12.7. The fourth-order valence-electron chi connectivity index (χ4n) is 3.18. The third-order valence-corrected chi connectivity index (χ3v) is 4.68. The zero-order valence-corrected chi connectivity index (χ0v) is 15.8. The Balaban J connectivity index is 2.42. The van der Waals surface area contributed by atoms with Crippen LogP contribution in [0.25, 0.3) is 0 Å². The minimum Gasteiger partial charge on any atom is -0.462 e. The van der Waals surface area contributed by atoms with Crippen LogP contribution in [0.5, 0.6) is 0 Å². The van der Waals surface area contributed by atoms with Gasteiger partial charge in [-0.3, -0.25) is 4.79 Å². The van der Waals surface area contributed by atoms with Gasteiger partial charge in [0.15, 0.2) is 0 Å². The molecule has 150 valence electrons. The first kappa shape index (κ1) is 21.1. The second kappa shape index (κ2) is 8.63. The number of alkyl halides is 3. The molecular formula is C19H25F3N2O3. The molecule has 0 aromatic heterocycles. The van der Waals surface area contributed by atoms with Crippen LogP contribution in [0.4, 0.5) is 24.5 Å². The highest BCUT2D eigenvalue weighted by Gasteiger charge is 2.42. The van der Waals surface area contributed by atoms with Crippen molar-refractivity contribution in [1.82, 2.24) is 0 Å². The number of anilines is 2. The summed E-state index contributed by atoms with van der Waals surface area (Å²) in [6, 6.07) is 4.53. The molecule has 1 aromatic carbocycles. The highest BCUT2D eigenvalue weighted by molar-refractivity contribution is 6.01. The van der Waals surface area contributed by atoms with Crippen LogP contribution in [0.1, 0.15) is 49.9 Å². The van der Waals surface area contributed by atoms with Gasteiger partial charge in [-0.25, -0.2) is 4.79 Å². The van der Waals surface area contributed by atoms with Crippen molar-refractivity contribution in [2.45, 2.75) is 51.7 Å². The number of halogens is 3. The quantitative estimate of drug-likeness (QED) is 0.713. The Morgan fingerprint density at radius 1 is 1.30 bits per heavy atom. The number of rotatable bonds is 5. The standard InChI is InChI=1S/C19H25F3N2O3/c1-4-11-27-17(25)15-12-14(23(3)18(26)19(20,21)22)8-9-16(15)24-10-6-5-7-13(24)2/h8-9,12-13H,4-7,10-11H2,1-3H3/t13-/m0/s1. The molecule has 1 heterocycles. The molecule has 0 radical (unpaired) electrons. The smallest absolute Gasteiger partial charge is 0.462 e. The summed E-state index contributed by atoms with van der Waals surface area (Å²) in [5.74, 6) is -2.59. The van der Waals surface area contributed by atoms with E-state index >= 15 is 0 Å². The lowest BCUT2D eigenvalue weighted by Crippen LogP contribution is -2.39. The van der Waals surface area contributed by atoms with Gasteiger partial charge in [-0.2, -0.15) is 13.2 Å². The van der Waals surface area contributed by atoms with E-state index < -0.39 is 18.1 Å². The van der Waals surface area contributed by atoms with Crippen LogP contribution in [-0.4, -0.2) is 44.3 Å². The molecular weight excluding hydrogens is 361 g/mol. The molecule has 5 nitrogen and oxygen atoms in total. The Hall–Kier alpha value is -2.25. The van der Waals surface area contributed by atoms with E-state index in [2.05, 4.69) is 4.90 Å². The summed E-state index contributed by atoms with van der Waals surface area (Å²) in [6.07, 6.45) is -1.32. The molecule has 0 unspecified atom stereocenters. The average molecular weight is 386 g/mol. The Labute approximate surface area is 157 Å². The topological polar surface area (TPSA) is 49.9 Å². The summed E-state index contributed by atoms with van der Waals surface area (Å²) in [5, 5.41) is 0. The van der Waals surface area contributed by atoms with E-state index in [4.69, 9.17) is 4.74 Å². The van der Waals surface area contributed by atoms with Crippen molar-refractivity contribution in [2.24, 2.45) is 0 Å². The molecule has 0 spiro atoms. The number of piperidine rings is 1. The maximum Gasteiger partial charge on any atom is 0.471 e. The Morgan fingerprint density at radius 3 is 2.59 bits per heavy atom. The predicted octanol–water partition coefficient (Wildman–Crippen LogP) is 4.16. The molecule has 0 saturated carbocycles. The van der Waals surface area contributed by atoms with Gasteiger partial charge in [0, 0.05) is 25.3 Å². The summed E-state index contributed by atoms with van der Waals surface area (Å²) >= 11 is 0. The van der Waals surface area contributed by atoms with Gasteiger partial charge in [0.1, 0.15) is 0 Å². The number of carbonyl (C=O) groups is 2. The molecule has 1 aliphatic rings. The fourth-order valence-corrected chi connectivity index (χ4v) is 3.18. The van der Waals surface area contributed by atoms with E-state index in [1.807, 2.05) is 13.8 Å². The van der Waals surface area contributed by atoms with Crippen molar-refractivity contribution >= 4 is 23.3 Å². The summed E-state index contributed by atoms with van der Waals surface area (Å²) in [7, 11) is 1.04. The molecule has 0 bridgehead atoms. The average Bonchev–Trinajstić information content (AvgIpc) is 2.64. The van der Waals surface area contributed by atoms with Gasteiger partial charge in [0.25, 0.3) is 0 Å². The summed E-state index contributed by atoms with van der Waals surface area (Å²) < 4.78 is 43.4. The maximum absolute atomic E-state index is 12.7. The zero-order valence-electron chi connectivity index (χ0n) is 15.8. The van der Waals surface area contributed by atoms with E-state index in [-0.39, 0.29) is 23.9 Å². The van der Waals surface area contributed by atoms with E-state index in [1.165, 1.54) is 12.1 Å². The number of nitrogens with zero attached hydrogens (tertiary/aromatic N) is 2. The van der Waals surface area contributed by atoms with Crippen molar-refractivity contribution < 1.29 is 27.5 Å². The van der Waals surface area contributed by atoms with Gasteiger partial charge in [0.05, 0.1) is 17.9 Å². The van der Waals surface area contributed by atoms with Crippen LogP contribution in [0.2, 0.25) is 0 Å². The first-order valence-electron chi connectivity index (χ1n) is 9.09. The fraction of sp³-hybridized carbons (Fsp3) is 0.579. The van der Waals surface area contributed by atoms with Crippen LogP contribution >= 0.6 is 0 Å². The predicted molar refractivity (Wildman–Crippen MR) is 97.1 cm³/mol. The Kier molecular flexibility index (Phi) is 6.73. The van der Waals surface area contributed by atoms with E-state index in [9.17, 15) is 22.8 Å². The minimum atomic E-state index is -4.99. The summed E-state index contributed by atoms with van der Waals surface area (Å²) in [6.45, 7) is 4.88. The SMILES string of the molecule is CCCOC(=O)c1cc(N(C)C(=O)C(F)(F)F)ccc1N1CCCC[C@@H]1C. The van der Waals surface area contributed by atoms with Gasteiger partial charge in [-0.15, -0.1) is 0 Å². The molecule has 1 amide bonds. The third kappa shape index (κ3) is 4.93. The second-order valence-corrected chi connectivity index (χ2v) is 6.74. The van der Waals surface area contributed by atoms with E-state index in [0.717, 1.165) is 32.9 Å². The van der Waals surface area contributed by atoms with Crippen molar-refractivity contribution in [2.75, 3.05) is 30.0 Å². The number of carbonyl (C=O) groups excluding carboxylic acids is 2. The van der Waals surface area contributed by atoms with Crippen LogP contribution in [0.3, 0.4) is 0 Å². The molecule has 1 atom stereocenters. The highest BCUT2D eigenvalue weighted by Crippen LogP contribution is 2.32. The molecule has 27 heavy (non-hydrogen) atoms. The number of esters is 1. The highest BCUT2D eigenvalue weighted by atomic mass is 19.4. The Morgan fingerprint density at radius 2 is 2.00 bits per heavy atom. The van der Waals surface area contributed by atoms with Crippen molar-refractivity contribution in [1.29, 1.82) is 0 Å². The van der Waals surface area contributed by atoms with Gasteiger partial charge in [-0.1, -0.05) is 6.92 Å². The van der Waals surface area contributed by atoms with Gasteiger partial charge >= 0.3 is 18.1 Å². The normalized spacial score (nSPS) is 17.6. The van der Waals surface area contributed by atoms with Crippen LogP contribution in [0.15, 0.2) is 18.2 Å². The monoisotopic (exact) mass is 386 g/mol. The lowest BCUT2D eigenvalue weighted by molar-refractivity contribution is -0.170. The molecule has 0 aliphatic carbocycles. The van der Waals surface area contributed by atoms with Crippen LogP contribution in [-0.2, 0) is 9.53 Å². The van der Waals surface area contributed by atoms with Gasteiger partial charge in [-0.05, 0) is 50.8 Å². The molecule has 0 N–H and O–H groups in total. The summed E-state index contributed by atoms with van der Waals surface area (Å²) in [4.78, 5) is 26.6. The largest absolute Gasteiger partial charge is 0.471 e. The van der Waals surface area contributed by atoms with Crippen LogP contribution < -0.4 is 9.80 Å². The molecule has 1 aromatic rings. The zero-order chi connectivity index (χ0) is 20.2. The van der Waals surface area contributed by atoms with Crippen molar-refractivity contribution in [3.63, 3.8) is 0 Å². The number of ether oxygens (including phenoxy) is 1. The molecule has 1 fully saturated rings. The first-order valence-corrected chi connectivity index (χ1v) is 9.09. The summed E-state index contributed by atoms with van der Waals surface area (Å²) in [5.41, 5.74) is 0.797. The minimum absolute atomic E-state index is 0.00538. The van der Waals surface area contributed by atoms with Crippen molar-refractivity contribution in [3.05, 3.63) is 23.8 Å². The van der Waals surface area contributed by atoms with Crippen LogP contribution in [0, 0.1) is 0 Å². The lowest BCUT2D eigenvalue weighted by Gasteiger charge is -2.36. The third-order valence-electron chi connectivity index (χ3n) is 4.68. The molecule has 1 saturated heterocycles. The molecule has 2 rings (SSSR count). The van der Waals surface area contributed by atoms with E-state index in [1.54, 1.807) is 6.07 Å². The molecule has 8 heteroatoms.